The lowest BCUT2D eigenvalue weighted by molar-refractivity contribution is 0.0791. The van der Waals surface area contributed by atoms with Crippen LogP contribution in [0.1, 0.15) is 42.1 Å². The topological polar surface area (TPSA) is 54.5 Å². The van der Waals surface area contributed by atoms with Crippen molar-refractivity contribution in [3.8, 4) is 5.75 Å². The Bertz CT molecular complexity index is 746. The lowest BCUT2D eigenvalue weighted by Crippen LogP contribution is -2.43. The molecule has 1 fully saturated rings. The van der Waals surface area contributed by atoms with Gasteiger partial charge in [-0.15, -0.1) is 0 Å². The van der Waals surface area contributed by atoms with Crippen LogP contribution in [0.5, 0.6) is 5.75 Å². The molecule has 2 aromatic rings. The average Bonchev–Trinajstić information content (AvgIpc) is 2.77. The lowest BCUT2D eigenvalue weighted by Gasteiger charge is -2.36. The number of carbonyl (C=O) groups excluding carboxylic acids is 1. The zero-order valence-electron chi connectivity index (χ0n) is 17.3. The Balaban J connectivity index is 1.43. The molecule has 6 heteroatoms. The molecule has 0 spiro atoms. The number of rotatable bonds is 9. The predicted molar refractivity (Wildman–Crippen MR) is 120 cm³/mol. The highest BCUT2D eigenvalue weighted by molar-refractivity contribution is 7.98. The molecule has 1 N–H and O–H groups in total. The van der Waals surface area contributed by atoms with Gasteiger partial charge in [0.2, 0.25) is 0 Å². The van der Waals surface area contributed by atoms with Gasteiger partial charge in [0.05, 0.1) is 0 Å². The number of hydrogen-bond acceptors (Lipinski definition) is 5. The first-order chi connectivity index (χ1) is 14.2. The molecule has 5 nitrogen and oxygen atoms in total. The Morgan fingerprint density at radius 3 is 2.55 bits per heavy atom. The number of carbonyl (C=O) groups is 1. The van der Waals surface area contributed by atoms with Crippen LogP contribution in [-0.2, 0) is 6.54 Å². The Morgan fingerprint density at radius 1 is 1.21 bits per heavy atom. The average molecular weight is 414 g/mol. The summed E-state index contributed by atoms with van der Waals surface area (Å²) in [5.41, 5.74) is 1.67. The maximum Gasteiger partial charge on any atom is 0.251 e. The number of hydrogen-bond donors (Lipinski definition) is 1. The number of piperidine rings is 1. The van der Waals surface area contributed by atoms with Gasteiger partial charge >= 0.3 is 0 Å². The lowest BCUT2D eigenvalue weighted by atomic mass is 10.0. The van der Waals surface area contributed by atoms with E-state index in [1.165, 1.54) is 12.2 Å². The van der Waals surface area contributed by atoms with Crippen LogP contribution in [-0.4, -0.2) is 53.0 Å². The van der Waals surface area contributed by atoms with Crippen molar-refractivity contribution >= 4 is 17.7 Å². The number of nitrogens with zero attached hydrogens (tertiary/aromatic N) is 2. The summed E-state index contributed by atoms with van der Waals surface area (Å²) < 4.78 is 6.16. The van der Waals surface area contributed by atoms with E-state index in [0.29, 0.717) is 18.2 Å². The summed E-state index contributed by atoms with van der Waals surface area (Å²) in [4.78, 5) is 18.9. The zero-order chi connectivity index (χ0) is 20.5. The smallest absolute Gasteiger partial charge is 0.251 e. The van der Waals surface area contributed by atoms with E-state index >= 15 is 0 Å². The molecule has 1 amide bonds. The molecule has 29 heavy (non-hydrogen) atoms. The minimum atomic E-state index is -0.0825. The molecule has 1 saturated heterocycles. The molecule has 1 aliphatic rings. The number of benzene rings is 1. The highest BCUT2D eigenvalue weighted by Crippen LogP contribution is 2.21. The van der Waals surface area contributed by atoms with Gasteiger partial charge in [-0.05, 0) is 80.2 Å². The molecule has 2 heterocycles. The SMILES string of the molecule is CSCC[C@H](C)N1CCC(Oc2ccc(C(=O)NCc3ccncc3)cc2)CC1. The fourth-order valence-corrected chi connectivity index (χ4v) is 4.14. The fraction of sp³-hybridized carbons (Fsp3) is 0.478. The second kappa shape index (κ2) is 11.2. The molecule has 0 bridgehead atoms. The maximum absolute atomic E-state index is 12.3. The van der Waals surface area contributed by atoms with Gasteiger partial charge in [0.25, 0.3) is 5.91 Å². The number of pyridine rings is 1. The van der Waals surface area contributed by atoms with Crippen molar-refractivity contribution < 1.29 is 9.53 Å². The first kappa shape index (κ1) is 21.7. The van der Waals surface area contributed by atoms with Crippen LogP contribution in [0.15, 0.2) is 48.8 Å². The molecule has 1 atom stereocenters. The van der Waals surface area contributed by atoms with Crippen molar-refractivity contribution in [3.05, 3.63) is 59.9 Å². The largest absolute Gasteiger partial charge is 0.490 e. The number of ether oxygens (including phenoxy) is 1. The third-order valence-corrected chi connectivity index (χ3v) is 6.11. The summed E-state index contributed by atoms with van der Waals surface area (Å²) >= 11 is 1.92. The Kier molecular flexibility index (Phi) is 8.38. The van der Waals surface area contributed by atoms with Gasteiger partial charge in [-0.25, -0.2) is 0 Å². The number of nitrogens with one attached hydrogen (secondary N) is 1. The molecule has 1 aromatic heterocycles. The van der Waals surface area contributed by atoms with Crippen LogP contribution >= 0.6 is 11.8 Å². The van der Waals surface area contributed by atoms with Gasteiger partial charge in [0, 0.05) is 43.6 Å². The Hall–Kier alpha value is -2.05. The maximum atomic E-state index is 12.3. The van der Waals surface area contributed by atoms with Crippen molar-refractivity contribution in [2.24, 2.45) is 0 Å². The first-order valence-electron chi connectivity index (χ1n) is 10.3. The molecule has 0 aliphatic carbocycles. The molecule has 0 unspecified atom stereocenters. The van der Waals surface area contributed by atoms with Gasteiger partial charge in [-0.3, -0.25) is 9.78 Å². The van der Waals surface area contributed by atoms with Crippen LogP contribution in [0.3, 0.4) is 0 Å². The van der Waals surface area contributed by atoms with Crippen molar-refractivity contribution in [2.45, 2.75) is 44.9 Å². The molecule has 0 saturated carbocycles. The molecule has 3 rings (SSSR count). The van der Waals surface area contributed by atoms with Crippen molar-refractivity contribution in [2.75, 3.05) is 25.1 Å². The molecular formula is C23H31N3O2S. The van der Waals surface area contributed by atoms with Crippen LogP contribution < -0.4 is 10.1 Å². The van der Waals surface area contributed by atoms with E-state index in [1.54, 1.807) is 12.4 Å². The number of aromatic nitrogens is 1. The highest BCUT2D eigenvalue weighted by Gasteiger charge is 2.23. The second-order valence-electron chi connectivity index (χ2n) is 7.55. The normalized spacial score (nSPS) is 16.3. The van der Waals surface area contributed by atoms with Crippen LogP contribution in [0, 0.1) is 0 Å². The number of thioether (sulfide) groups is 1. The van der Waals surface area contributed by atoms with Crippen LogP contribution in [0.2, 0.25) is 0 Å². The van der Waals surface area contributed by atoms with Gasteiger partial charge in [-0.1, -0.05) is 0 Å². The van der Waals surface area contributed by atoms with Gasteiger partial charge < -0.3 is 15.0 Å². The fourth-order valence-electron chi connectivity index (χ4n) is 3.57. The Labute approximate surface area is 178 Å². The summed E-state index contributed by atoms with van der Waals surface area (Å²) in [6.07, 6.45) is 9.23. The minimum absolute atomic E-state index is 0.0825. The summed E-state index contributed by atoms with van der Waals surface area (Å²) in [5, 5.41) is 2.93. The van der Waals surface area contributed by atoms with E-state index in [4.69, 9.17) is 4.74 Å². The van der Waals surface area contributed by atoms with E-state index in [9.17, 15) is 4.79 Å². The summed E-state index contributed by atoms with van der Waals surface area (Å²) in [6.45, 7) is 5.01. The van der Waals surface area contributed by atoms with E-state index in [0.717, 1.165) is 37.2 Å². The van der Waals surface area contributed by atoms with E-state index in [2.05, 4.69) is 28.4 Å². The first-order valence-corrected chi connectivity index (χ1v) is 11.7. The minimum Gasteiger partial charge on any atom is -0.490 e. The molecule has 1 aromatic carbocycles. The van der Waals surface area contributed by atoms with E-state index in [1.807, 2.05) is 48.2 Å². The molecular weight excluding hydrogens is 382 g/mol. The van der Waals surface area contributed by atoms with Crippen molar-refractivity contribution in [1.29, 1.82) is 0 Å². The molecule has 1 aliphatic heterocycles. The highest BCUT2D eigenvalue weighted by atomic mass is 32.2. The van der Waals surface area contributed by atoms with E-state index in [-0.39, 0.29) is 12.0 Å². The predicted octanol–water partition coefficient (Wildman–Crippen LogP) is 4.00. The van der Waals surface area contributed by atoms with Gasteiger partial charge in [0.1, 0.15) is 11.9 Å². The van der Waals surface area contributed by atoms with Gasteiger partial charge in [-0.2, -0.15) is 11.8 Å². The summed E-state index contributed by atoms with van der Waals surface area (Å²) in [7, 11) is 0. The third kappa shape index (κ3) is 6.75. The van der Waals surface area contributed by atoms with Crippen LogP contribution in [0.25, 0.3) is 0 Å². The zero-order valence-corrected chi connectivity index (χ0v) is 18.2. The Morgan fingerprint density at radius 2 is 1.90 bits per heavy atom. The monoisotopic (exact) mass is 413 g/mol. The number of amides is 1. The standard InChI is InChI=1S/C23H31N3O2S/c1-18(11-16-29-2)26-14-9-22(10-15-26)28-21-5-3-20(4-6-21)23(27)25-17-19-7-12-24-13-8-19/h3-8,12-13,18,22H,9-11,14-17H2,1-2H3,(H,25,27)/t18-/m0/s1. The quantitative estimate of drug-likeness (QED) is 0.673. The summed E-state index contributed by atoms with van der Waals surface area (Å²) in [5.74, 6) is 1.98. The van der Waals surface area contributed by atoms with Crippen molar-refractivity contribution in [3.63, 3.8) is 0 Å². The number of likely N-dealkylation sites (tertiary alicyclic amines) is 1. The van der Waals surface area contributed by atoms with Gasteiger partial charge in [0.15, 0.2) is 0 Å². The summed E-state index contributed by atoms with van der Waals surface area (Å²) in [6, 6.07) is 11.9. The second-order valence-corrected chi connectivity index (χ2v) is 8.53. The van der Waals surface area contributed by atoms with Crippen molar-refractivity contribution in [1.82, 2.24) is 15.2 Å². The van der Waals surface area contributed by atoms with Crippen LogP contribution in [0.4, 0.5) is 0 Å². The third-order valence-electron chi connectivity index (χ3n) is 5.46. The van der Waals surface area contributed by atoms with E-state index < -0.39 is 0 Å². The molecule has 156 valence electrons. The molecule has 0 radical (unpaired) electrons.